The molecule has 29 heavy (non-hydrogen) atoms. The van der Waals surface area contributed by atoms with E-state index in [-0.39, 0.29) is 5.97 Å². The second-order valence-corrected chi connectivity index (χ2v) is 8.70. The summed E-state index contributed by atoms with van der Waals surface area (Å²) >= 11 is 0. The lowest BCUT2D eigenvalue weighted by atomic mass is 9.82. The van der Waals surface area contributed by atoms with Gasteiger partial charge in [-0.25, -0.2) is 9.59 Å². The van der Waals surface area contributed by atoms with Gasteiger partial charge in [0.2, 0.25) is 0 Å². The summed E-state index contributed by atoms with van der Waals surface area (Å²) in [4.78, 5) is 27.2. The van der Waals surface area contributed by atoms with E-state index in [1.807, 2.05) is 39.0 Å². The number of nitrogens with one attached hydrogen (secondary N) is 1. The summed E-state index contributed by atoms with van der Waals surface area (Å²) in [6.45, 7) is 7.70. The highest BCUT2D eigenvalue weighted by Gasteiger charge is 2.49. The lowest BCUT2D eigenvalue weighted by molar-refractivity contribution is -0.158. The highest BCUT2D eigenvalue weighted by atomic mass is 16.6. The van der Waals surface area contributed by atoms with Crippen molar-refractivity contribution < 1.29 is 19.1 Å². The molecule has 1 N–H and O–H groups in total. The van der Waals surface area contributed by atoms with Crippen LogP contribution in [0.2, 0.25) is 0 Å². The minimum absolute atomic E-state index is 0.340. The minimum atomic E-state index is -0.934. The van der Waals surface area contributed by atoms with E-state index in [1.165, 1.54) is 12.7 Å². The first kappa shape index (κ1) is 23.2. The number of esters is 1. The van der Waals surface area contributed by atoms with Crippen molar-refractivity contribution in [2.45, 2.75) is 70.4 Å². The molecule has 2 rings (SSSR count). The fraction of sp³-hybridized carbons (Fsp3) is 0.652. The molecule has 0 bridgehead atoms. The topological polar surface area (TPSA) is 67.9 Å². The van der Waals surface area contributed by atoms with Gasteiger partial charge < -0.3 is 14.8 Å². The molecule has 1 saturated heterocycles. The number of amides is 1. The van der Waals surface area contributed by atoms with Crippen molar-refractivity contribution in [3.05, 3.63) is 35.9 Å². The molecule has 0 spiro atoms. The normalized spacial score (nSPS) is 19.7. The van der Waals surface area contributed by atoms with Crippen LogP contribution in [0.15, 0.2) is 30.3 Å². The van der Waals surface area contributed by atoms with E-state index < -0.39 is 17.2 Å². The molecule has 1 unspecified atom stereocenters. The van der Waals surface area contributed by atoms with E-state index in [0.717, 1.165) is 38.8 Å². The first-order chi connectivity index (χ1) is 13.8. The molecule has 6 heteroatoms. The number of benzene rings is 1. The molecule has 0 aliphatic carbocycles. The van der Waals surface area contributed by atoms with Crippen LogP contribution in [0.25, 0.3) is 0 Å². The molecule has 1 heterocycles. The van der Waals surface area contributed by atoms with Gasteiger partial charge in [0.15, 0.2) is 0 Å². The summed E-state index contributed by atoms with van der Waals surface area (Å²) in [5.41, 5.74) is -0.236. The average Bonchev–Trinajstić information content (AvgIpc) is 2.69. The molecule has 1 aliphatic heterocycles. The summed E-state index contributed by atoms with van der Waals surface area (Å²) in [7, 11) is 1.39. The molecular weight excluding hydrogens is 368 g/mol. The van der Waals surface area contributed by atoms with Crippen LogP contribution in [0.1, 0.15) is 58.4 Å². The molecule has 162 valence electrons. The molecule has 6 nitrogen and oxygen atoms in total. The smallest absolute Gasteiger partial charge is 0.411 e. The van der Waals surface area contributed by atoms with Gasteiger partial charge >= 0.3 is 12.1 Å². The molecule has 1 aromatic carbocycles. The summed E-state index contributed by atoms with van der Waals surface area (Å²) in [5.74, 6) is -0.340. The number of nitrogens with zero attached hydrogens (tertiary/aromatic N) is 1. The Bertz CT molecular complexity index is 657. The van der Waals surface area contributed by atoms with Crippen LogP contribution < -0.4 is 5.32 Å². The number of rotatable bonds is 8. The fourth-order valence-electron chi connectivity index (χ4n) is 3.89. The second kappa shape index (κ2) is 10.6. The van der Waals surface area contributed by atoms with E-state index in [4.69, 9.17) is 9.47 Å². The Labute approximate surface area is 174 Å². The average molecular weight is 405 g/mol. The Hall–Kier alpha value is -2.08. The van der Waals surface area contributed by atoms with Crippen molar-refractivity contribution in [3.8, 4) is 0 Å². The van der Waals surface area contributed by atoms with Crippen molar-refractivity contribution in [2.24, 2.45) is 0 Å². The van der Waals surface area contributed by atoms with Gasteiger partial charge in [-0.1, -0.05) is 30.3 Å². The van der Waals surface area contributed by atoms with Crippen LogP contribution in [-0.4, -0.2) is 54.8 Å². The zero-order chi connectivity index (χ0) is 21.3. The Balaban J connectivity index is 1.94. The first-order valence-electron chi connectivity index (χ1n) is 10.6. The highest BCUT2D eigenvalue weighted by molar-refractivity contribution is 5.86. The molecular formula is C23H36N2O4. The molecule has 0 radical (unpaired) electrons. The standard InChI is InChI=1S/C23H36N2O4/c1-22(2,3)29-21(27)25-18-9-8-14-23(25,20(26)28-4)15-10-16-24-17-13-19-11-6-5-7-12-19/h5-7,11-12,24H,8-10,13-18H2,1-4H3. The van der Waals surface area contributed by atoms with Crippen LogP contribution in [0, 0.1) is 0 Å². The van der Waals surface area contributed by atoms with E-state index in [0.29, 0.717) is 19.4 Å². The molecule has 1 fully saturated rings. The number of ether oxygens (including phenoxy) is 2. The maximum atomic E-state index is 12.8. The number of methoxy groups -OCH3 is 1. The van der Waals surface area contributed by atoms with Crippen LogP contribution in [0.5, 0.6) is 0 Å². The largest absolute Gasteiger partial charge is 0.467 e. The molecule has 1 aliphatic rings. The van der Waals surface area contributed by atoms with Gasteiger partial charge in [0, 0.05) is 6.54 Å². The Morgan fingerprint density at radius 1 is 1.14 bits per heavy atom. The lowest BCUT2D eigenvalue weighted by Crippen LogP contribution is -2.60. The number of carbonyl (C=O) groups is 2. The lowest BCUT2D eigenvalue weighted by Gasteiger charge is -2.45. The van der Waals surface area contributed by atoms with Crippen LogP contribution in [-0.2, 0) is 20.7 Å². The fourth-order valence-corrected chi connectivity index (χ4v) is 3.89. The monoisotopic (exact) mass is 404 g/mol. The summed E-state index contributed by atoms with van der Waals surface area (Å²) in [6.07, 6.45) is 4.26. The number of likely N-dealkylation sites (tertiary alicyclic amines) is 1. The molecule has 1 amide bonds. The van der Waals surface area contributed by atoms with Crippen LogP contribution in [0.3, 0.4) is 0 Å². The maximum Gasteiger partial charge on any atom is 0.411 e. The van der Waals surface area contributed by atoms with Crippen molar-refractivity contribution in [1.29, 1.82) is 0 Å². The number of carbonyl (C=O) groups excluding carboxylic acids is 2. The van der Waals surface area contributed by atoms with Gasteiger partial charge in [-0.15, -0.1) is 0 Å². The van der Waals surface area contributed by atoms with Crippen molar-refractivity contribution >= 4 is 12.1 Å². The third-order valence-electron chi connectivity index (χ3n) is 5.30. The summed E-state index contributed by atoms with van der Waals surface area (Å²) in [6, 6.07) is 10.3. The van der Waals surface area contributed by atoms with Gasteiger partial charge in [-0.3, -0.25) is 4.90 Å². The van der Waals surface area contributed by atoms with Gasteiger partial charge in [0.1, 0.15) is 11.1 Å². The van der Waals surface area contributed by atoms with Gasteiger partial charge in [0.05, 0.1) is 7.11 Å². The predicted octanol–water partition coefficient (Wildman–Crippen LogP) is 3.93. The maximum absolute atomic E-state index is 12.8. The number of hydrogen-bond donors (Lipinski definition) is 1. The Morgan fingerprint density at radius 3 is 2.52 bits per heavy atom. The molecule has 0 aromatic heterocycles. The van der Waals surface area contributed by atoms with Crippen molar-refractivity contribution in [2.75, 3.05) is 26.7 Å². The van der Waals surface area contributed by atoms with E-state index in [9.17, 15) is 9.59 Å². The van der Waals surface area contributed by atoms with Gasteiger partial charge in [-0.2, -0.15) is 0 Å². The first-order valence-corrected chi connectivity index (χ1v) is 10.6. The van der Waals surface area contributed by atoms with Gasteiger partial charge in [0.25, 0.3) is 0 Å². The minimum Gasteiger partial charge on any atom is -0.467 e. The number of hydrogen-bond acceptors (Lipinski definition) is 5. The van der Waals surface area contributed by atoms with E-state index >= 15 is 0 Å². The van der Waals surface area contributed by atoms with E-state index in [1.54, 1.807) is 4.90 Å². The molecule has 1 atom stereocenters. The highest BCUT2D eigenvalue weighted by Crippen LogP contribution is 2.35. The Morgan fingerprint density at radius 2 is 1.86 bits per heavy atom. The number of piperidine rings is 1. The van der Waals surface area contributed by atoms with Gasteiger partial charge in [-0.05, 0) is 77.9 Å². The zero-order valence-electron chi connectivity index (χ0n) is 18.3. The van der Waals surface area contributed by atoms with Crippen molar-refractivity contribution in [3.63, 3.8) is 0 Å². The molecule has 0 saturated carbocycles. The van der Waals surface area contributed by atoms with Crippen molar-refractivity contribution in [1.82, 2.24) is 10.2 Å². The zero-order valence-corrected chi connectivity index (χ0v) is 18.3. The third kappa shape index (κ3) is 6.74. The third-order valence-corrected chi connectivity index (χ3v) is 5.30. The van der Waals surface area contributed by atoms with Crippen LogP contribution >= 0.6 is 0 Å². The summed E-state index contributed by atoms with van der Waals surface area (Å²) < 4.78 is 10.7. The second-order valence-electron chi connectivity index (χ2n) is 8.70. The van der Waals surface area contributed by atoms with Crippen LogP contribution in [0.4, 0.5) is 4.79 Å². The predicted molar refractivity (Wildman–Crippen MR) is 114 cm³/mol. The van der Waals surface area contributed by atoms with E-state index in [2.05, 4.69) is 17.4 Å². The molecule has 1 aromatic rings. The SMILES string of the molecule is COC(=O)C1(CCCNCCc2ccccc2)CCCCN1C(=O)OC(C)(C)C. The Kier molecular flexibility index (Phi) is 8.50. The quantitative estimate of drug-likeness (QED) is 0.525. The summed E-state index contributed by atoms with van der Waals surface area (Å²) in [5, 5.41) is 3.44.